The van der Waals surface area contributed by atoms with E-state index >= 15 is 0 Å². The summed E-state index contributed by atoms with van der Waals surface area (Å²) in [5.41, 5.74) is 2.08. The van der Waals surface area contributed by atoms with Crippen LogP contribution in [0.3, 0.4) is 0 Å². The second-order valence-corrected chi connectivity index (χ2v) is 7.71. The van der Waals surface area contributed by atoms with Crippen LogP contribution in [-0.4, -0.2) is 4.75 Å². The van der Waals surface area contributed by atoms with Crippen LogP contribution >= 0.6 is 12.6 Å². The van der Waals surface area contributed by atoms with Crippen molar-refractivity contribution in [3.8, 4) is 0 Å². The zero-order valence-electron chi connectivity index (χ0n) is 12.0. The quantitative estimate of drug-likeness (QED) is 0.503. The first kappa shape index (κ1) is 14.2. The number of thiol groups is 1. The van der Waals surface area contributed by atoms with Crippen LogP contribution in [0.2, 0.25) is 0 Å². The molecular weight excluding hydrogens is 212 g/mol. The van der Waals surface area contributed by atoms with Crippen molar-refractivity contribution in [2.75, 3.05) is 0 Å². The Morgan fingerprint density at radius 2 is 1.75 bits per heavy atom. The second kappa shape index (κ2) is 4.08. The summed E-state index contributed by atoms with van der Waals surface area (Å²) in [5.74, 6) is 0.647. The SMILES string of the molecule is CCC1(C)C=C(C(C)C)CC(C)(S)C1(C)C. The van der Waals surface area contributed by atoms with Gasteiger partial charge < -0.3 is 0 Å². The molecule has 0 aromatic carbocycles. The zero-order chi connectivity index (χ0) is 12.8. The van der Waals surface area contributed by atoms with E-state index in [1.807, 2.05) is 0 Å². The van der Waals surface area contributed by atoms with E-state index in [0.29, 0.717) is 5.92 Å². The Balaban J connectivity index is 3.29. The lowest BCUT2D eigenvalue weighted by Crippen LogP contribution is -2.51. The molecule has 0 bridgehead atoms. The van der Waals surface area contributed by atoms with Gasteiger partial charge in [-0.3, -0.25) is 0 Å². The first-order valence-electron chi connectivity index (χ1n) is 6.51. The van der Waals surface area contributed by atoms with Crippen molar-refractivity contribution >= 4 is 12.6 Å². The Bertz CT molecular complexity index is 297. The summed E-state index contributed by atoms with van der Waals surface area (Å²) in [7, 11) is 0. The van der Waals surface area contributed by atoms with Gasteiger partial charge in [-0.1, -0.05) is 53.2 Å². The fraction of sp³-hybridized carbons (Fsp3) is 0.867. The van der Waals surface area contributed by atoms with Crippen molar-refractivity contribution in [3.63, 3.8) is 0 Å². The summed E-state index contributed by atoms with van der Waals surface area (Å²) in [6.45, 7) is 16.3. The molecule has 1 heteroatoms. The van der Waals surface area contributed by atoms with Gasteiger partial charge in [-0.2, -0.15) is 12.6 Å². The summed E-state index contributed by atoms with van der Waals surface area (Å²) in [6, 6.07) is 0. The number of allylic oxidation sites excluding steroid dienone is 2. The van der Waals surface area contributed by atoms with E-state index in [9.17, 15) is 0 Å². The smallest absolute Gasteiger partial charge is 0.0198 e. The Morgan fingerprint density at radius 3 is 2.12 bits per heavy atom. The molecule has 0 nitrogen and oxygen atoms in total. The highest BCUT2D eigenvalue weighted by Gasteiger charge is 2.52. The maximum absolute atomic E-state index is 4.98. The lowest BCUT2D eigenvalue weighted by molar-refractivity contribution is 0.0762. The average Bonchev–Trinajstić information content (AvgIpc) is 2.13. The third-order valence-corrected chi connectivity index (χ3v) is 6.02. The van der Waals surface area contributed by atoms with Crippen LogP contribution in [0, 0.1) is 16.7 Å². The highest BCUT2D eigenvalue weighted by Crippen LogP contribution is 2.58. The zero-order valence-corrected chi connectivity index (χ0v) is 12.9. The van der Waals surface area contributed by atoms with E-state index in [1.54, 1.807) is 5.57 Å². The summed E-state index contributed by atoms with van der Waals surface area (Å²) in [4.78, 5) is 0. The minimum atomic E-state index is 0.0894. The first-order valence-corrected chi connectivity index (χ1v) is 6.96. The standard InChI is InChI=1S/C15H28S/c1-8-14(6)9-12(11(2)3)10-15(7,16)13(14,4)5/h9,11,16H,8,10H2,1-7H3. The van der Waals surface area contributed by atoms with Gasteiger partial charge in [-0.15, -0.1) is 0 Å². The van der Waals surface area contributed by atoms with Crippen LogP contribution in [-0.2, 0) is 0 Å². The fourth-order valence-corrected chi connectivity index (χ4v) is 3.23. The van der Waals surface area contributed by atoms with E-state index in [1.165, 1.54) is 6.42 Å². The molecule has 0 fully saturated rings. The highest BCUT2D eigenvalue weighted by atomic mass is 32.1. The Labute approximate surface area is 107 Å². The molecule has 0 spiro atoms. The predicted molar refractivity (Wildman–Crippen MR) is 77.1 cm³/mol. The van der Waals surface area contributed by atoms with E-state index in [2.05, 4.69) is 54.5 Å². The van der Waals surface area contributed by atoms with Crippen LogP contribution in [0.1, 0.15) is 61.3 Å². The molecule has 1 aliphatic rings. The van der Waals surface area contributed by atoms with Gasteiger partial charge in [0, 0.05) is 4.75 Å². The number of hydrogen-bond donors (Lipinski definition) is 1. The van der Waals surface area contributed by atoms with Gasteiger partial charge in [-0.25, -0.2) is 0 Å². The lowest BCUT2D eigenvalue weighted by Gasteiger charge is -2.56. The van der Waals surface area contributed by atoms with Crippen LogP contribution in [0.15, 0.2) is 11.6 Å². The van der Waals surface area contributed by atoms with Crippen molar-refractivity contribution in [2.24, 2.45) is 16.7 Å². The van der Waals surface area contributed by atoms with Crippen molar-refractivity contribution in [1.29, 1.82) is 0 Å². The van der Waals surface area contributed by atoms with Gasteiger partial charge >= 0.3 is 0 Å². The van der Waals surface area contributed by atoms with Gasteiger partial charge in [0.2, 0.25) is 0 Å². The van der Waals surface area contributed by atoms with Gasteiger partial charge in [0.15, 0.2) is 0 Å². The summed E-state index contributed by atoms with van der Waals surface area (Å²) < 4.78 is 0.0894. The largest absolute Gasteiger partial charge is 0.172 e. The molecule has 1 rings (SSSR count). The van der Waals surface area contributed by atoms with Gasteiger partial charge in [-0.05, 0) is 36.5 Å². The summed E-state index contributed by atoms with van der Waals surface area (Å²) >= 11 is 4.98. The molecule has 2 unspecified atom stereocenters. The van der Waals surface area contributed by atoms with Crippen molar-refractivity contribution in [2.45, 2.75) is 66.1 Å². The van der Waals surface area contributed by atoms with Crippen LogP contribution in [0.25, 0.3) is 0 Å². The number of rotatable bonds is 2. The molecule has 0 N–H and O–H groups in total. The molecule has 0 radical (unpaired) electrons. The minimum absolute atomic E-state index is 0.0894. The summed E-state index contributed by atoms with van der Waals surface area (Å²) in [6.07, 6.45) is 4.85. The molecule has 94 valence electrons. The first-order chi connectivity index (χ1) is 7.07. The van der Waals surface area contributed by atoms with Crippen molar-refractivity contribution < 1.29 is 0 Å². The topological polar surface area (TPSA) is 0 Å². The van der Waals surface area contributed by atoms with E-state index in [4.69, 9.17) is 12.6 Å². The van der Waals surface area contributed by atoms with Crippen LogP contribution in [0.4, 0.5) is 0 Å². The molecule has 16 heavy (non-hydrogen) atoms. The lowest BCUT2D eigenvalue weighted by atomic mass is 9.53. The third kappa shape index (κ3) is 1.96. The Morgan fingerprint density at radius 1 is 1.25 bits per heavy atom. The summed E-state index contributed by atoms with van der Waals surface area (Å²) in [5, 5.41) is 0. The molecule has 0 aliphatic heterocycles. The molecule has 1 aliphatic carbocycles. The maximum Gasteiger partial charge on any atom is 0.0198 e. The Hall–Kier alpha value is 0.0900. The van der Waals surface area contributed by atoms with E-state index in [0.717, 1.165) is 6.42 Å². The normalized spacial score (nSPS) is 38.7. The molecule has 0 aromatic rings. The molecule has 2 atom stereocenters. The van der Waals surface area contributed by atoms with E-state index in [-0.39, 0.29) is 15.6 Å². The second-order valence-electron chi connectivity index (χ2n) is 6.72. The van der Waals surface area contributed by atoms with Gasteiger partial charge in [0.25, 0.3) is 0 Å². The monoisotopic (exact) mass is 240 g/mol. The van der Waals surface area contributed by atoms with Gasteiger partial charge in [0.1, 0.15) is 0 Å². The predicted octanol–water partition coefficient (Wildman–Crippen LogP) is 5.10. The fourth-order valence-electron chi connectivity index (χ4n) is 2.79. The Kier molecular flexibility index (Phi) is 3.61. The maximum atomic E-state index is 4.98. The van der Waals surface area contributed by atoms with Crippen LogP contribution in [0.5, 0.6) is 0 Å². The van der Waals surface area contributed by atoms with E-state index < -0.39 is 0 Å². The molecular formula is C15H28S. The van der Waals surface area contributed by atoms with Crippen LogP contribution < -0.4 is 0 Å². The average molecular weight is 240 g/mol. The van der Waals surface area contributed by atoms with Crippen molar-refractivity contribution in [1.82, 2.24) is 0 Å². The molecule has 0 heterocycles. The van der Waals surface area contributed by atoms with Gasteiger partial charge in [0.05, 0.1) is 0 Å². The van der Waals surface area contributed by atoms with Crippen molar-refractivity contribution in [3.05, 3.63) is 11.6 Å². The molecule has 0 aromatic heterocycles. The molecule has 0 saturated heterocycles. The number of hydrogen-bond acceptors (Lipinski definition) is 1. The minimum Gasteiger partial charge on any atom is -0.172 e. The molecule has 0 saturated carbocycles. The molecule has 0 amide bonds. The highest BCUT2D eigenvalue weighted by molar-refractivity contribution is 7.81. The third-order valence-electron chi connectivity index (χ3n) is 5.30.